The molecule has 0 unspecified atom stereocenters. The van der Waals surface area contributed by atoms with Gasteiger partial charge in [-0.15, -0.1) is 11.3 Å². The molecule has 0 atom stereocenters. The van der Waals surface area contributed by atoms with E-state index >= 15 is 0 Å². The first kappa shape index (κ1) is 20.7. The Kier molecular flexibility index (Phi) is 5.65. The molecule has 2 aromatic heterocycles. The summed E-state index contributed by atoms with van der Waals surface area (Å²) < 4.78 is 0. The summed E-state index contributed by atoms with van der Waals surface area (Å²) in [7, 11) is 0. The van der Waals surface area contributed by atoms with Gasteiger partial charge in [-0.3, -0.25) is 9.59 Å². The number of aryl methyl sites for hydroxylation is 3. The zero-order valence-electron chi connectivity index (χ0n) is 17.6. The van der Waals surface area contributed by atoms with Crippen molar-refractivity contribution < 1.29 is 9.59 Å². The van der Waals surface area contributed by atoms with E-state index in [4.69, 9.17) is 0 Å². The number of hydrogen-bond donors (Lipinski definition) is 4. The third kappa shape index (κ3) is 4.67. The number of nitrogens with zero attached hydrogens (tertiary/aromatic N) is 1. The number of benzene rings is 1. The van der Waals surface area contributed by atoms with Gasteiger partial charge in [-0.25, -0.2) is 9.78 Å². The van der Waals surface area contributed by atoms with E-state index in [1.54, 1.807) is 35.6 Å². The van der Waals surface area contributed by atoms with Gasteiger partial charge >= 0.3 is 6.03 Å². The second-order valence-corrected chi connectivity index (χ2v) is 9.49. The quantitative estimate of drug-likeness (QED) is 0.457. The number of anilines is 2. The number of carbonyl (C=O) groups excluding carboxylic acids is 2. The SMILES string of the molecule is O=C(CCc1nc2sc3c(c2c(=O)[nH]1)CCCC3)Nc1ccc(NC(=O)NC2CC2)cc1. The molecule has 2 heterocycles. The highest BCUT2D eigenvalue weighted by Gasteiger charge is 2.23. The van der Waals surface area contributed by atoms with Crippen molar-refractivity contribution in [2.24, 2.45) is 0 Å². The highest BCUT2D eigenvalue weighted by molar-refractivity contribution is 7.18. The molecule has 4 N–H and O–H groups in total. The molecule has 2 aliphatic carbocycles. The molecule has 32 heavy (non-hydrogen) atoms. The van der Waals surface area contributed by atoms with Gasteiger partial charge in [-0.2, -0.15) is 0 Å². The van der Waals surface area contributed by atoms with Gasteiger partial charge in [0.15, 0.2) is 0 Å². The Balaban J connectivity index is 1.17. The molecule has 0 radical (unpaired) electrons. The van der Waals surface area contributed by atoms with E-state index in [1.165, 1.54) is 4.88 Å². The fourth-order valence-electron chi connectivity index (χ4n) is 4.00. The van der Waals surface area contributed by atoms with Gasteiger partial charge in [0.1, 0.15) is 10.7 Å². The van der Waals surface area contributed by atoms with Gasteiger partial charge in [0.05, 0.1) is 5.39 Å². The van der Waals surface area contributed by atoms with Crippen LogP contribution in [0.1, 0.15) is 48.4 Å². The topological polar surface area (TPSA) is 116 Å². The lowest BCUT2D eigenvalue weighted by Crippen LogP contribution is -2.30. The van der Waals surface area contributed by atoms with E-state index in [2.05, 4.69) is 25.9 Å². The van der Waals surface area contributed by atoms with Crippen LogP contribution in [0, 0.1) is 0 Å². The van der Waals surface area contributed by atoms with E-state index in [1.807, 2.05) is 0 Å². The normalized spacial score (nSPS) is 15.2. The number of aromatic nitrogens is 2. The molecule has 5 rings (SSSR count). The second-order valence-electron chi connectivity index (χ2n) is 8.40. The Morgan fingerprint density at radius 3 is 2.53 bits per heavy atom. The van der Waals surface area contributed by atoms with Crippen molar-refractivity contribution in [1.29, 1.82) is 0 Å². The summed E-state index contributed by atoms with van der Waals surface area (Å²) in [5, 5.41) is 9.21. The molecular formula is C23H25N5O3S. The Morgan fingerprint density at radius 1 is 1.06 bits per heavy atom. The molecule has 9 heteroatoms. The number of carbonyl (C=O) groups is 2. The number of H-pyrrole nitrogens is 1. The van der Waals surface area contributed by atoms with Gasteiger partial charge in [0.25, 0.3) is 5.56 Å². The number of thiophene rings is 1. The van der Waals surface area contributed by atoms with E-state index in [0.29, 0.717) is 29.7 Å². The van der Waals surface area contributed by atoms with E-state index < -0.39 is 0 Å². The molecule has 1 fully saturated rings. The maximum atomic E-state index is 12.6. The largest absolute Gasteiger partial charge is 0.335 e. The lowest BCUT2D eigenvalue weighted by Gasteiger charge is -2.09. The number of amides is 3. The monoisotopic (exact) mass is 451 g/mol. The lowest BCUT2D eigenvalue weighted by atomic mass is 9.97. The average molecular weight is 452 g/mol. The summed E-state index contributed by atoms with van der Waals surface area (Å²) in [5.41, 5.74) is 2.37. The molecule has 0 aliphatic heterocycles. The molecule has 3 amide bonds. The minimum atomic E-state index is -0.214. The highest BCUT2D eigenvalue weighted by Crippen LogP contribution is 2.33. The van der Waals surface area contributed by atoms with Gasteiger partial charge in [0, 0.05) is 35.1 Å². The number of hydrogen-bond acceptors (Lipinski definition) is 5. The van der Waals surface area contributed by atoms with Crippen LogP contribution in [0.25, 0.3) is 10.2 Å². The summed E-state index contributed by atoms with van der Waals surface area (Å²) in [6.07, 6.45) is 6.88. The predicted octanol–water partition coefficient (Wildman–Crippen LogP) is 3.72. The van der Waals surface area contributed by atoms with E-state index in [9.17, 15) is 14.4 Å². The molecule has 0 spiro atoms. The molecule has 1 aromatic carbocycles. The van der Waals surface area contributed by atoms with Crippen molar-refractivity contribution in [1.82, 2.24) is 15.3 Å². The predicted molar refractivity (Wildman–Crippen MR) is 125 cm³/mol. The zero-order valence-corrected chi connectivity index (χ0v) is 18.4. The van der Waals surface area contributed by atoms with Crippen molar-refractivity contribution >= 4 is 44.9 Å². The van der Waals surface area contributed by atoms with Crippen LogP contribution < -0.4 is 21.5 Å². The third-order valence-corrected chi connectivity index (χ3v) is 6.99. The van der Waals surface area contributed by atoms with Crippen molar-refractivity contribution in [3.63, 3.8) is 0 Å². The smallest absolute Gasteiger partial charge is 0.319 e. The summed E-state index contributed by atoms with van der Waals surface area (Å²) in [5.74, 6) is 0.378. The third-order valence-electron chi connectivity index (χ3n) is 5.80. The standard InChI is InChI=1S/C23H25N5O3S/c29-19(24-13-5-7-14(8-6-13)25-23(31)26-15-9-10-15)12-11-18-27-21(30)20-16-3-1-2-4-17(16)32-22(20)28-18/h5-8,15H,1-4,9-12H2,(H,24,29)(H2,25,26,31)(H,27,28,30). The van der Waals surface area contributed by atoms with E-state index in [-0.39, 0.29) is 23.9 Å². The Morgan fingerprint density at radius 2 is 1.78 bits per heavy atom. The summed E-state index contributed by atoms with van der Waals surface area (Å²) in [6.45, 7) is 0. The van der Waals surface area contributed by atoms with Gasteiger partial charge in [0.2, 0.25) is 5.91 Å². The van der Waals surface area contributed by atoms with Crippen LogP contribution >= 0.6 is 11.3 Å². The minimum Gasteiger partial charge on any atom is -0.335 e. The number of aromatic amines is 1. The van der Waals surface area contributed by atoms with Crippen molar-refractivity contribution in [3.05, 3.63) is 50.9 Å². The molecule has 1 saturated carbocycles. The Labute approximate surface area is 188 Å². The van der Waals surface area contributed by atoms with Crippen LogP contribution in [0.15, 0.2) is 29.1 Å². The van der Waals surface area contributed by atoms with Gasteiger partial charge in [-0.1, -0.05) is 0 Å². The van der Waals surface area contributed by atoms with Crippen molar-refractivity contribution in [2.75, 3.05) is 10.6 Å². The fourth-order valence-corrected chi connectivity index (χ4v) is 5.28. The fraction of sp³-hybridized carbons (Fsp3) is 0.391. The first-order chi connectivity index (χ1) is 15.5. The second kappa shape index (κ2) is 8.74. The van der Waals surface area contributed by atoms with Crippen LogP contribution in [-0.4, -0.2) is 27.9 Å². The maximum Gasteiger partial charge on any atom is 0.319 e. The van der Waals surface area contributed by atoms with E-state index in [0.717, 1.165) is 54.3 Å². The Hall–Kier alpha value is -3.20. The number of urea groups is 1. The molecule has 0 saturated heterocycles. The van der Waals surface area contributed by atoms with Crippen LogP contribution in [0.4, 0.5) is 16.2 Å². The molecule has 166 valence electrons. The molecule has 8 nitrogen and oxygen atoms in total. The summed E-state index contributed by atoms with van der Waals surface area (Å²) in [4.78, 5) is 46.3. The average Bonchev–Trinajstić information content (AvgIpc) is 3.50. The summed E-state index contributed by atoms with van der Waals surface area (Å²) >= 11 is 1.61. The molecule has 2 aliphatic rings. The van der Waals surface area contributed by atoms with Crippen molar-refractivity contribution in [2.45, 2.75) is 57.4 Å². The molecule has 3 aromatic rings. The first-order valence-electron chi connectivity index (χ1n) is 11.1. The number of nitrogens with one attached hydrogen (secondary N) is 4. The number of fused-ring (bicyclic) bond motifs is 3. The molecular weight excluding hydrogens is 426 g/mol. The van der Waals surface area contributed by atoms with Crippen LogP contribution in [0.2, 0.25) is 0 Å². The van der Waals surface area contributed by atoms with Gasteiger partial charge < -0.3 is 20.9 Å². The van der Waals surface area contributed by atoms with Gasteiger partial charge in [-0.05, 0) is 68.4 Å². The lowest BCUT2D eigenvalue weighted by molar-refractivity contribution is -0.116. The van der Waals surface area contributed by atoms with Crippen LogP contribution in [0.5, 0.6) is 0 Å². The summed E-state index contributed by atoms with van der Waals surface area (Å²) in [6, 6.07) is 7.06. The minimum absolute atomic E-state index is 0.0985. The first-order valence-corrected chi connectivity index (χ1v) is 11.9. The number of rotatable bonds is 6. The van der Waals surface area contributed by atoms with Crippen molar-refractivity contribution in [3.8, 4) is 0 Å². The van der Waals surface area contributed by atoms with Crippen LogP contribution in [-0.2, 0) is 24.1 Å². The van der Waals surface area contributed by atoms with Crippen LogP contribution in [0.3, 0.4) is 0 Å². The Bertz CT molecular complexity index is 1230. The zero-order chi connectivity index (χ0) is 22.1. The maximum absolute atomic E-state index is 12.6. The molecule has 0 bridgehead atoms. The highest BCUT2D eigenvalue weighted by atomic mass is 32.1.